The average Bonchev–Trinajstić information content (AvgIpc) is 3.61. The van der Waals surface area contributed by atoms with Crippen molar-refractivity contribution in [3.8, 4) is 10.4 Å². The van der Waals surface area contributed by atoms with Crippen LogP contribution in [0.3, 0.4) is 0 Å². The molecule has 0 aliphatic carbocycles. The largest absolute Gasteiger partial charge is 0.391 e. The Bertz CT molecular complexity index is 1210. The molecule has 5 rings (SSSR count). The summed E-state index contributed by atoms with van der Waals surface area (Å²) in [5.41, 5.74) is 4.56. The highest BCUT2D eigenvalue weighted by Gasteiger charge is 2.49. The number of carbonyl (C=O) groups is 3. The molecular weight excluding hydrogens is 464 g/mol. The second-order valence-electron chi connectivity index (χ2n) is 10.0. The van der Waals surface area contributed by atoms with E-state index < -0.39 is 23.6 Å². The highest BCUT2D eigenvalue weighted by molar-refractivity contribution is 7.13. The number of aromatic nitrogens is 1. The first-order valence-corrected chi connectivity index (χ1v) is 13.0. The van der Waals surface area contributed by atoms with Crippen molar-refractivity contribution in [2.45, 2.75) is 70.1 Å². The molecule has 35 heavy (non-hydrogen) atoms. The van der Waals surface area contributed by atoms with Crippen LogP contribution in [0, 0.1) is 6.92 Å². The Morgan fingerprint density at radius 1 is 1.20 bits per heavy atom. The molecule has 3 aliphatic rings. The van der Waals surface area contributed by atoms with Crippen LogP contribution in [-0.4, -0.2) is 74.6 Å². The van der Waals surface area contributed by atoms with E-state index >= 15 is 0 Å². The van der Waals surface area contributed by atoms with Crippen LogP contribution in [0.15, 0.2) is 34.8 Å². The van der Waals surface area contributed by atoms with Crippen LogP contribution in [0.2, 0.25) is 0 Å². The van der Waals surface area contributed by atoms with E-state index in [2.05, 4.69) is 9.98 Å². The number of hydrogen-bond acceptors (Lipinski definition) is 6. The number of nitrogens with zero attached hydrogens (tertiary/aromatic N) is 4. The van der Waals surface area contributed by atoms with E-state index in [4.69, 9.17) is 0 Å². The Kier molecular flexibility index (Phi) is 6.09. The van der Waals surface area contributed by atoms with Crippen molar-refractivity contribution in [2.75, 3.05) is 13.1 Å². The summed E-state index contributed by atoms with van der Waals surface area (Å²) in [4.78, 5) is 51.7. The molecule has 3 aliphatic heterocycles. The van der Waals surface area contributed by atoms with E-state index in [0.717, 1.165) is 28.1 Å². The van der Waals surface area contributed by atoms with Gasteiger partial charge in [0.1, 0.15) is 6.04 Å². The zero-order valence-electron chi connectivity index (χ0n) is 20.2. The molecule has 4 atom stereocenters. The van der Waals surface area contributed by atoms with Gasteiger partial charge in [0.05, 0.1) is 33.6 Å². The smallest absolute Gasteiger partial charge is 0.256 e. The topological polar surface area (TPSA) is 103 Å². The number of aliphatic hydroxyl groups excluding tert-OH is 1. The summed E-state index contributed by atoms with van der Waals surface area (Å²) in [6.07, 6.45) is 1.47. The summed E-state index contributed by atoms with van der Waals surface area (Å²) in [5.74, 6) is -0.503. The molecule has 0 spiro atoms. The standard InChI is InChI=1S/C26H30N4O4S/c1-15-23(35-14-27-15)17-6-8-18(9-7-17)26(3)12-20(28-25(26)34)22-11-19(32)13-30(22)24(33)21-5-4-10-29(21)16(2)31/h6-9,14,19,21-22,32H,4-5,10-13H2,1-3H3. The zero-order chi connectivity index (χ0) is 24.9. The van der Waals surface area contributed by atoms with Crippen LogP contribution < -0.4 is 0 Å². The lowest BCUT2D eigenvalue weighted by atomic mass is 9.78. The third-order valence-electron chi connectivity index (χ3n) is 7.67. The number of hydrogen-bond donors (Lipinski definition) is 1. The van der Waals surface area contributed by atoms with E-state index in [1.165, 1.54) is 6.92 Å². The predicted molar refractivity (Wildman–Crippen MR) is 133 cm³/mol. The van der Waals surface area contributed by atoms with Gasteiger partial charge in [-0.1, -0.05) is 24.3 Å². The van der Waals surface area contributed by atoms with Gasteiger partial charge in [0.2, 0.25) is 11.8 Å². The van der Waals surface area contributed by atoms with Crippen LogP contribution >= 0.6 is 11.3 Å². The molecule has 0 radical (unpaired) electrons. The third kappa shape index (κ3) is 4.10. The Labute approximate surface area is 208 Å². The van der Waals surface area contributed by atoms with Gasteiger partial charge in [0.25, 0.3) is 5.91 Å². The lowest BCUT2D eigenvalue weighted by molar-refractivity contribution is -0.142. The maximum atomic E-state index is 13.4. The summed E-state index contributed by atoms with van der Waals surface area (Å²) in [5, 5.41) is 10.4. The summed E-state index contributed by atoms with van der Waals surface area (Å²) in [6.45, 7) is 6.12. The maximum Gasteiger partial charge on any atom is 0.256 e. The zero-order valence-corrected chi connectivity index (χ0v) is 21.0. The minimum absolute atomic E-state index is 0.116. The number of thiazole rings is 1. The third-order valence-corrected chi connectivity index (χ3v) is 8.65. The summed E-state index contributed by atoms with van der Waals surface area (Å²) < 4.78 is 0. The number of likely N-dealkylation sites (tertiary alicyclic amines) is 2. The first-order valence-electron chi connectivity index (χ1n) is 12.1. The SMILES string of the molecule is CC(=O)N1CCCC1C(=O)N1CC(O)CC1C1=NC(=O)C(C)(c2ccc(-c3scnc3C)cc2)C1. The second kappa shape index (κ2) is 8.95. The van der Waals surface area contributed by atoms with E-state index in [1.807, 2.05) is 43.6 Å². The molecule has 9 heteroatoms. The lowest BCUT2D eigenvalue weighted by Crippen LogP contribution is -2.50. The molecule has 2 aromatic rings. The summed E-state index contributed by atoms with van der Waals surface area (Å²) in [6, 6.07) is 7.03. The van der Waals surface area contributed by atoms with Crippen LogP contribution in [0.4, 0.5) is 0 Å². The van der Waals surface area contributed by atoms with Gasteiger partial charge in [-0.25, -0.2) is 9.98 Å². The van der Waals surface area contributed by atoms with Gasteiger partial charge >= 0.3 is 0 Å². The monoisotopic (exact) mass is 494 g/mol. The molecule has 4 heterocycles. The number of amides is 3. The molecule has 2 saturated heterocycles. The normalized spacial score (nSPS) is 28.6. The summed E-state index contributed by atoms with van der Waals surface area (Å²) in [7, 11) is 0. The quantitative estimate of drug-likeness (QED) is 0.704. The number of carbonyl (C=O) groups excluding carboxylic acids is 3. The van der Waals surface area contributed by atoms with E-state index in [0.29, 0.717) is 31.5 Å². The van der Waals surface area contributed by atoms with Crippen molar-refractivity contribution >= 4 is 34.8 Å². The fourth-order valence-corrected chi connectivity index (χ4v) is 6.49. The Morgan fingerprint density at radius 2 is 1.94 bits per heavy atom. The van der Waals surface area contributed by atoms with Crippen LogP contribution in [0.1, 0.15) is 50.8 Å². The number of rotatable bonds is 4. The van der Waals surface area contributed by atoms with Gasteiger partial charge in [0, 0.05) is 38.6 Å². The van der Waals surface area contributed by atoms with E-state index in [-0.39, 0.29) is 24.3 Å². The number of aliphatic hydroxyl groups is 1. The molecular formula is C26H30N4O4S. The number of aryl methyl sites for hydroxylation is 1. The second-order valence-corrected chi connectivity index (χ2v) is 10.9. The van der Waals surface area contributed by atoms with E-state index in [9.17, 15) is 19.5 Å². The lowest BCUT2D eigenvalue weighted by Gasteiger charge is -2.31. The molecule has 3 amide bonds. The van der Waals surface area contributed by atoms with Crippen molar-refractivity contribution in [3.05, 3.63) is 41.0 Å². The molecule has 0 bridgehead atoms. The van der Waals surface area contributed by atoms with Gasteiger partial charge in [0.15, 0.2) is 0 Å². The molecule has 8 nitrogen and oxygen atoms in total. The molecule has 1 N–H and O–H groups in total. The minimum atomic E-state index is -0.822. The van der Waals surface area contributed by atoms with Gasteiger partial charge < -0.3 is 14.9 Å². The van der Waals surface area contributed by atoms with E-state index in [1.54, 1.807) is 21.1 Å². The number of aliphatic imine (C=N–C) groups is 1. The van der Waals surface area contributed by atoms with Crippen molar-refractivity contribution in [1.82, 2.24) is 14.8 Å². The van der Waals surface area contributed by atoms with Crippen molar-refractivity contribution in [3.63, 3.8) is 0 Å². The molecule has 1 aromatic carbocycles. The molecule has 0 saturated carbocycles. The van der Waals surface area contributed by atoms with Gasteiger partial charge in [-0.15, -0.1) is 11.3 Å². The van der Waals surface area contributed by atoms with Crippen LogP contribution in [0.25, 0.3) is 10.4 Å². The predicted octanol–water partition coefficient (Wildman–Crippen LogP) is 2.72. The van der Waals surface area contributed by atoms with Crippen molar-refractivity contribution in [2.24, 2.45) is 4.99 Å². The molecule has 4 unspecified atom stereocenters. The van der Waals surface area contributed by atoms with Crippen molar-refractivity contribution in [1.29, 1.82) is 0 Å². The number of benzene rings is 1. The fourth-order valence-electron chi connectivity index (χ4n) is 5.68. The highest BCUT2D eigenvalue weighted by atomic mass is 32.1. The van der Waals surface area contributed by atoms with Gasteiger partial charge in [-0.2, -0.15) is 0 Å². The average molecular weight is 495 g/mol. The van der Waals surface area contributed by atoms with Crippen molar-refractivity contribution < 1.29 is 19.5 Å². The fraction of sp³-hybridized carbons (Fsp3) is 0.500. The Hall–Kier alpha value is -2.91. The Balaban J connectivity index is 1.37. The maximum absolute atomic E-state index is 13.4. The van der Waals surface area contributed by atoms with Crippen LogP contribution in [-0.2, 0) is 19.8 Å². The summed E-state index contributed by atoms with van der Waals surface area (Å²) >= 11 is 1.59. The minimum Gasteiger partial charge on any atom is -0.391 e. The molecule has 1 aromatic heterocycles. The molecule has 2 fully saturated rings. The first-order chi connectivity index (χ1) is 16.7. The molecule has 184 valence electrons. The first kappa shape index (κ1) is 23.8. The number of β-amino-alcohol motifs (C(OH)–C–C–N with tert-alkyl or cyclic N) is 1. The van der Waals surface area contributed by atoms with Gasteiger partial charge in [-0.05, 0) is 37.8 Å². The highest BCUT2D eigenvalue weighted by Crippen LogP contribution is 2.39. The van der Waals surface area contributed by atoms with Gasteiger partial charge in [-0.3, -0.25) is 14.4 Å². The Morgan fingerprint density at radius 3 is 2.60 bits per heavy atom. The van der Waals surface area contributed by atoms with Crippen LogP contribution in [0.5, 0.6) is 0 Å².